The lowest BCUT2D eigenvalue weighted by molar-refractivity contribution is -0.131. The molecule has 0 aromatic rings. The van der Waals surface area contributed by atoms with Crippen LogP contribution in [0.3, 0.4) is 0 Å². The van der Waals surface area contributed by atoms with Gasteiger partial charge in [-0.25, -0.2) is 0 Å². The fourth-order valence-electron chi connectivity index (χ4n) is 3.15. The summed E-state index contributed by atoms with van der Waals surface area (Å²) >= 11 is 0. The summed E-state index contributed by atoms with van der Waals surface area (Å²) in [5.41, 5.74) is 0. The van der Waals surface area contributed by atoms with E-state index in [4.69, 9.17) is 0 Å². The molecular weight excluding hydrogens is 200 g/mol. The average Bonchev–Trinajstić information content (AvgIpc) is 2.83. The highest BCUT2D eigenvalue weighted by Crippen LogP contribution is 2.32. The lowest BCUT2D eigenvalue weighted by atomic mass is 10.0. The van der Waals surface area contributed by atoms with E-state index in [1.54, 1.807) is 0 Å². The summed E-state index contributed by atoms with van der Waals surface area (Å²) in [6.45, 7) is 7.18. The van der Waals surface area contributed by atoms with E-state index in [1.165, 1.54) is 25.7 Å². The van der Waals surface area contributed by atoms with Crippen molar-refractivity contribution in [2.75, 3.05) is 6.54 Å². The van der Waals surface area contributed by atoms with E-state index >= 15 is 0 Å². The molecule has 1 N–H and O–H groups in total. The van der Waals surface area contributed by atoms with Crippen LogP contribution in [-0.4, -0.2) is 29.6 Å². The Balaban J connectivity index is 2.10. The van der Waals surface area contributed by atoms with E-state index in [2.05, 4.69) is 31.0 Å². The fourth-order valence-corrected chi connectivity index (χ4v) is 3.15. The molecule has 92 valence electrons. The van der Waals surface area contributed by atoms with Crippen LogP contribution in [0, 0.1) is 11.8 Å². The maximum atomic E-state index is 12.2. The highest BCUT2D eigenvalue weighted by molar-refractivity contribution is 5.84. The van der Waals surface area contributed by atoms with Crippen molar-refractivity contribution in [1.29, 1.82) is 0 Å². The van der Waals surface area contributed by atoms with Gasteiger partial charge in [-0.1, -0.05) is 26.7 Å². The first-order chi connectivity index (χ1) is 7.65. The van der Waals surface area contributed by atoms with Crippen LogP contribution in [0.5, 0.6) is 0 Å². The normalized spacial score (nSPS) is 32.0. The third-order valence-corrected chi connectivity index (χ3v) is 4.09. The van der Waals surface area contributed by atoms with Gasteiger partial charge in [-0.2, -0.15) is 0 Å². The molecule has 16 heavy (non-hydrogen) atoms. The lowest BCUT2D eigenvalue weighted by Crippen LogP contribution is -2.42. The van der Waals surface area contributed by atoms with Crippen LogP contribution in [-0.2, 0) is 4.79 Å². The lowest BCUT2D eigenvalue weighted by Gasteiger charge is -2.27. The molecule has 0 aromatic carbocycles. The maximum absolute atomic E-state index is 12.2. The van der Waals surface area contributed by atoms with Crippen molar-refractivity contribution in [2.24, 2.45) is 11.8 Å². The summed E-state index contributed by atoms with van der Waals surface area (Å²) in [5.74, 6) is 1.40. The van der Waals surface area contributed by atoms with Crippen LogP contribution in [0.2, 0.25) is 0 Å². The van der Waals surface area contributed by atoms with Gasteiger partial charge in [0.2, 0.25) is 5.91 Å². The smallest absolute Gasteiger partial charge is 0.241 e. The number of carbonyl (C=O) groups excluding carboxylic acids is 1. The molecule has 1 saturated carbocycles. The van der Waals surface area contributed by atoms with E-state index in [0.717, 1.165) is 6.54 Å². The number of likely N-dealkylation sites (N-methyl/N-ethyl adjacent to an activating group) is 1. The van der Waals surface area contributed by atoms with Crippen molar-refractivity contribution in [3.05, 3.63) is 0 Å². The van der Waals surface area contributed by atoms with Gasteiger partial charge >= 0.3 is 0 Å². The largest absolute Gasteiger partial charge is 0.326 e. The van der Waals surface area contributed by atoms with Crippen molar-refractivity contribution in [3.63, 3.8) is 0 Å². The van der Waals surface area contributed by atoms with Gasteiger partial charge in [0, 0.05) is 6.54 Å². The van der Waals surface area contributed by atoms with Crippen molar-refractivity contribution in [2.45, 2.75) is 58.7 Å². The van der Waals surface area contributed by atoms with Crippen molar-refractivity contribution in [1.82, 2.24) is 10.2 Å². The minimum Gasteiger partial charge on any atom is -0.326 e. The monoisotopic (exact) mass is 224 g/mol. The van der Waals surface area contributed by atoms with Gasteiger partial charge in [-0.15, -0.1) is 0 Å². The molecular formula is C13H24N2O. The van der Waals surface area contributed by atoms with Gasteiger partial charge in [0.1, 0.15) is 0 Å². The van der Waals surface area contributed by atoms with Gasteiger partial charge < -0.3 is 4.90 Å². The van der Waals surface area contributed by atoms with Crippen molar-refractivity contribution in [3.8, 4) is 0 Å². The van der Waals surface area contributed by atoms with E-state index < -0.39 is 0 Å². The summed E-state index contributed by atoms with van der Waals surface area (Å²) in [5, 5.41) is 3.56. The van der Waals surface area contributed by atoms with Gasteiger partial charge in [-0.3, -0.25) is 10.1 Å². The molecule has 0 radical (unpaired) electrons. The quantitative estimate of drug-likeness (QED) is 0.795. The second-order valence-corrected chi connectivity index (χ2v) is 5.50. The van der Waals surface area contributed by atoms with Crippen LogP contribution in [0.1, 0.15) is 46.5 Å². The standard InChI is InChI=1S/C13H24N2O/c1-4-15-12(10-7-5-6-8-10)14-11(9(2)3)13(15)16/h9-12,14H,4-8H2,1-3H3. The van der Waals surface area contributed by atoms with Gasteiger partial charge in [-0.05, 0) is 31.6 Å². The Hall–Kier alpha value is -0.570. The Morgan fingerprint density at radius 2 is 2.00 bits per heavy atom. The fraction of sp³-hybridized carbons (Fsp3) is 0.923. The number of hydrogen-bond acceptors (Lipinski definition) is 2. The highest BCUT2D eigenvalue weighted by Gasteiger charge is 2.43. The van der Waals surface area contributed by atoms with Gasteiger partial charge in [0.25, 0.3) is 0 Å². The zero-order chi connectivity index (χ0) is 11.7. The molecule has 1 aliphatic carbocycles. The van der Waals surface area contributed by atoms with Crippen LogP contribution in [0.25, 0.3) is 0 Å². The molecule has 1 aliphatic heterocycles. The van der Waals surface area contributed by atoms with Crippen LogP contribution < -0.4 is 5.32 Å². The summed E-state index contributed by atoms with van der Waals surface area (Å²) < 4.78 is 0. The molecule has 1 saturated heterocycles. The molecule has 2 aliphatic rings. The average molecular weight is 224 g/mol. The minimum atomic E-state index is 0.0468. The molecule has 2 fully saturated rings. The first-order valence-electron chi connectivity index (χ1n) is 6.71. The van der Waals surface area contributed by atoms with Crippen LogP contribution in [0.15, 0.2) is 0 Å². The van der Waals surface area contributed by atoms with E-state index in [9.17, 15) is 4.79 Å². The Morgan fingerprint density at radius 1 is 1.38 bits per heavy atom. The number of carbonyl (C=O) groups is 1. The molecule has 2 atom stereocenters. The van der Waals surface area contributed by atoms with Crippen molar-refractivity contribution >= 4 is 5.91 Å². The summed E-state index contributed by atoms with van der Waals surface area (Å²) in [4.78, 5) is 14.3. The number of rotatable bonds is 3. The molecule has 1 amide bonds. The summed E-state index contributed by atoms with van der Waals surface area (Å²) in [6, 6.07) is 0.0468. The number of nitrogens with one attached hydrogen (secondary N) is 1. The number of hydrogen-bond donors (Lipinski definition) is 1. The molecule has 3 heteroatoms. The first-order valence-corrected chi connectivity index (χ1v) is 6.71. The molecule has 2 unspecified atom stereocenters. The Morgan fingerprint density at radius 3 is 2.50 bits per heavy atom. The Kier molecular flexibility index (Phi) is 3.53. The first kappa shape index (κ1) is 11.9. The second-order valence-electron chi connectivity index (χ2n) is 5.50. The summed E-state index contributed by atoms with van der Waals surface area (Å²) in [7, 11) is 0. The van der Waals surface area contributed by atoms with E-state index in [-0.39, 0.29) is 6.04 Å². The molecule has 1 heterocycles. The summed E-state index contributed by atoms with van der Waals surface area (Å²) in [6.07, 6.45) is 5.55. The van der Waals surface area contributed by atoms with E-state index in [1.807, 2.05) is 0 Å². The predicted octanol–water partition coefficient (Wildman–Crippen LogP) is 1.98. The van der Waals surface area contributed by atoms with Crippen LogP contribution >= 0.6 is 0 Å². The van der Waals surface area contributed by atoms with Crippen LogP contribution in [0.4, 0.5) is 0 Å². The zero-order valence-electron chi connectivity index (χ0n) is 10.7. The van der Waals surface area contributed by atoms with Crippen molar-refractivity contribution < 1.29 is 4.79 Å². The third-order valence-electron chi connectivity index (χ3n) is 4.09. The zero-order valence-corrected chi connectivity index (χ0v) is 10.7. The predicted molar refractivity (Wildman–Crippen MR) is 64.9 cm³/mol. The second kappa shape index (κ2) is 4.74. The maximum Gasteiger partial charge on any atom is 0.241 e. The molecule has 0 bridgehead atoms. The van der Waals surface area contributed by atoms with E-state index in [0.29, 0.717) is 23.9 Å². The molecule has 0 spiro atoms. The topological polar surface area (TPSA) is 32.3 Å². The van der Waals surface area contributed by atoms with Gasteiger partial charge in [0.15, 0.2) is 0 Å². The van der Waals surface area contributed by atoms with Gasteiger partial charge in [0.05, 0.1) is 12.2 Å². The number of nitrogens with zero attached hydrogens (tertiary/aromatic N) is 1. The Labute approximate surface area is 98.6 Å². The SMILES string of the molecule is CCN1C(=O)C(C(C)C)NC1C1CCCC1. The molecule has 2 rings (SSSR count). The highest BCUT2D eigenvalue weighted by atomic mass is 16.2. The number of amides is 1. The molecule has 0 aromatic heterocycles. The molecule has 3 nitrogen and oxygen atoms in total. The third kappa shape index (κ3) is 1.97. The Bertz CT molecular complexity index is 259. The minimum absolute atomic E-state index is 0.0468.